The molecular formula is C24H25F3N2O5. The van der Waals surface area contributed by atoms with Gasteiger partial charge in [0.05, 0.1) is 0 Å². The Morgan fingerprint density at radius 1 is 1.00 bits per heavy atom. The van der Waals surface area contributed by atoms with Crippen LogP contribution in [-0.2, 0) is 14.3 Å². The monoisotopic (exact) mass is 478 g/mol. The summed E-state index contributed by atoms with van der Waals surface area (Å²) in [6.45, 7) is 1.54. The minimum atomic E-state index is -5.15. The van der Waals surface area contributed by atoms with Crippen LogP contribution in [0.2, 0.25) is 0 Å². The lowest BCUT2D eigenvalue weighted by molar-refractivity contribution is -0.169. The van der Waals surface area contributed by atoms with E-state index in [9.17, 15) is 32.7 Å². The van der Waals surface area contributed by atoms with Crippen LogP contribution in [0.1, 0.15) is 43.2 Å². The first kappa shape index (κ1) is 25.1. The maximum absolute atomic E-state index is 13.5. The molecule has 1 unspecified atom stereocenters. The van der Waals surface area contributed by atoms with Gasteiger partial charge < -0.3 is 20.5 Å². The first-order chi connectivity index (χ1) is 16.1. The van der Waals surface area contributed by atoms with Crippen LogP contribution < -0.4 is 10.6 Å². The molecule has 0 saturated heterocycles. The quantitative estimate of drug-likeness (QED) is 0.501. The number of fused-ring (bicyclic) bond motifs is 3. The molecule has 0 aromatic heterocycles. The number of carbonyl (C=O) groups is 3. The van der Waals surface area contributed by atoms with Gasteiger partial charge in [0.1, 0.15) is 12.6 Å². The number of amides is 2. The topological polar surface area (TPSA) is 105 Å². The number of carboxylic acid groups (broad SMARTS) is 1. The summed E-state index contributed by atoms with van der Waals surface area (Å²) in [4.78, 5) is 35.8. The van der Waals surface area contributed by atoms with E-state index in [1.807, 2.05) is 53.8 Å². The molecule has 10 heteroatoms. The average molecular weight is 478 g/mol. The molecule has 2 aromatic rings. The molecule has 2 amide bonds. The number of hydrogen-bond acceptors (Lipinski definition) is 4. The summed E-state index contributed by atoms with van der Waals surface area (Å²) in [6.07, 6.45) is -5.62. The fourth-order valence-electron chi connectivity index (χ4n) is 3.97. The van der Waals surface area contributed by atoms with Gasteiger partial charge in [0.15, 0.2) is 0 Å². The standard InChI is InChI=1S/C24H25F3N2O5/c1-2-3-12-19(22(31)32)28-21(30)20(24(25,26)27)29-23(33)34-13-18-16-10-6-4-8-14(16)15-9-5-7-11-17(15)18/h4-11,18-20H,2-3,12-13H2,1H3,(H,28,30)(H,29,33)(H,31,32)/t19-,20?/m0/s1. The Morgan fingerprint density at radius 2 is 1.56 bits per heavy atom. The number of benzene rings is 2. The van der Waals surface area contributed by atoms with Crippen molar-refractivity contribution in [2.24, 2.45) is 0 Å². The number of alkyl carbamates (subject to hydrolysis) is 1. The van der Waals surface area contributed by atoms with Gasteiger partial charge in [-0.25, -0.2) is 9.59 Å². The zero-order chi connectivity index (χ0) is 24.9. The summed E-state index contributed by atoms with van der Waals surface area (Å²) in [5.41, 5.74) is 3.65. The molecule has 0 fully saturated rings. The summed E-state index contributed by atoms with van der Waals surface area (Å²) >= 11 is 0. The first-order valence-corrected chi connectivity index (χ1v) is 10.8. The van der Waals surface area contributed by atoms with Crippen LogP contribution >= 0.6 is 0 Å². The molecule has 34 heavy (non-hydrogen) atoms. The summed E-state index contributed by atoms with van der Waals surface area (Å²) in [5.74, 6) is -3.49. The van der Waals surface area contributed by atoms with Crippen LogP contribution in [0.3, 0.4) is 0 Å². The molecule has 0 spiro atoms. The number of carbonyl (C=O) groups excluding carboxylic acids is 2. The summed E-state index contributed by atoms with van der Waals surface area (Å²) in [7, 11) is 0. The molecule has 2 aromatic carbocycles. The van der Waals surface area contributed by atoms with E-state index in [1.54, 1.807) is 6.92 Å². The molecule has 0 aliphatic heterocycles. The molecule has 182 valence electrons. The number of halogens is 3. The van der Waals surface area contributed by atoms with Crippen molar-refractivity contribution in [2.45, 2.75) is 50.4 Å². The number of ether oxygens (including phenoxy) is 1. The van der Waals surface area contributed by atoms with Crippen molar-refractivity contribution in [2.75, 3.05) is 6.61 Å². The van der Waals surface area contributed by atoms with Gasteiger partial charge >= 0.3 is 18.2 Å². The lowest BCUT2D eigenvalue weighted by atomic mass is 9.98. The number of alkyl halides is 3. The van der Waals surface area contributed by atoms with E-state index < -0.39 is 36.2 Å². The fraction of sp³-hybridized carbons (Fsp3) is 0.375. The maximum atomic E-state index is 13.5. The van der Waals surface area contributed by atoms with Crippen LogP contribution in [0.25, 0.3) is 11.1 Å². The van der Waals surface area contributed by atoms with E-state index in [1.165, 1.54) is 5.32 Å². The lowest BCUT2D eigenvalue weighted by Gasteiger charge is -2.23. The Bertz CT molecular complexity index is 1010. The van der Waals surface area contributed by atoms with Gasteiger partial charge in [-0.3, -0.25) is 4.79 Å². The molecule has 7 nitrogen and oxygen atoms in total. The summed E-state index contributed by atoms with van der Waals surface area (Å²) in [6, 6.07) is 10.5. The van der Waals surface area contributed by atoms with E-state index in [4.69, 9.17) is 4.74 Å². The van der Waals surface area contributed by atoms with Crippen LogP contribution in [0.5, 0.6) is 0 Å². The van der Waals surface area contributed by atoms with Gasteiger partial charge in [0, 0.05) is 5.92 Å². The zero-order valence-electron chi connectivity index (χ0n) is 18.4. The Morgan fingerprint density at radius 3 is 2.06 bits per heavy atom. The Labute approximate surface area is 194 Å². The van der Waals surface area contributed by atoms with Crippen LogP contribution in [0.15, 0.2) is 48.5 Å². The normalized spacial score (nSPS) is 14.5. The Kier molecular flexibility index (Phi) is 7.80. The van der Waals surface area contributed by atoms with Gasteiger partial charge in [0.25, 0.3) is 5.91 Å². The third kappa shape index (κ3) is 5.67. The van der Waals surface area contributed by atoms with Crippen molar-refractivity contribution in [3.63, 3.8) is 0 Å². The minimum Gasteiger partial charge on any atom is -0.480 e. The van der Waals surface area contributed by atoms with E-state index in [2.05, 4.69) is 0 Å². The van der Waals surface area contributed by atoms with Gasteiger partial charge in [-0.1, -0.05) is 68.3 Å². The average Bonchev–Trinajstić information content (AvgIpc) is 3.11. The molecule has 2 atom stereocenters. The lowest BCUT2D eigenvalue weighted by Crippen LogP contribution is -2.57. The molecule has 1 aliphatic carbocycles. The molecule has 0 bridgehead atoms. The molecule has 3 rings (SSSR count). The number of nitrogens with one attached hydrogen (secondary N) is 2. The van der Waals surface area contributed by atoms with Crippen molar-refractivity contribution >= 4 is 18.0 Å². The second-order valence-electron chi connectivity index (χ2n) is 7.99. The van der Waals surface area contributed by atoms with Gasteiger partial charge in [0.2, 0.25) is 6.04 Å². The third-order valence-electron chi connectivity index (χ3n) is 5.66. The Balaban J connectivity index is 1.68. The van der Waals surface area contributed by atoms with Crippen molar-refractivity contribution in [1.82, 2.24) is 10.6 Å². The second-order valence-corrected chi connectivity index (χ2v) is 7.99. The predicted molar refractivity (Wildman–Crippen MR) is 117 cm³/mol. The highest BCUT2D eigenvalue weighted by molar-refractivity contribution is 5.90. The summed E-state index contributed by atoms with van der Waals surface area (Å²) < 4.78 is 45.6. The van der Waals surface area contributed by atoms with Gasteiger partial charge in [-0.2, -0.15) is 13.2 Å². The van der Waals surface area contributed by atoms with Crippen molar-refractivity contribution < 1.29 is 37.4 Å². The van der Waals surface area contributed by atoms with E-state index in [0.29, 0.717) is 12.8 Å². The van der Waals surface area contributed by atoms with Crippen LogP contribution in [0, 0.1) is 0 Å². The smallest absolute Gasteiger partial charge is 0.417 e. The first-order valence-electron chi connectivity index (χ1n) is 10.8. The number of unbranched alkanes of at least 4 members (excludes halogenated alkanes) is 1. The van der Waals surface area contributed by atoms with Crippen molar-refractivity contribution in [3.05, 3.63) is 59.7 Å². The number of aliphatic carboxylic acids is 1. The van der Waals surface area contributed by atoms with E-state index in [0.717, 1.165) is 22.3 Å². The second kappa shape index (κ2) is 10.6. The molecular weight excluding hydrogens is 453 g/mol. The Hall–Kier alpha value is -3.56. The highest BCUT2D eigenvalue weighted by Crippen LogP contribution is 2.44. The number of rotatable bonds is 9. The van der Waals surface area contributed by atoms with Crippen LogP contribution in [0.4, 0.5) is 18.0 Å². The molecule has 0 saturated carbocycles. The zero-order valence-corrected chi connectivity index (χ0v) is 18.4. The number of carboxylic acids is 1. The molecule has 0 radical (unpaired) electrons. The third-order valence-corrected chi connectivity index (χ3v) is 5.66. The van der Waals surface area contributed by atoms with Crippen molar-refractivity contribution in [1.29, 1.82) is 0 Å². The van der Waals surface area contributed by atoms with Crippen molar-refractivity contribution in [3.8, 4) is 11.1 Å². The maximum Gasteiger partial charge on any atom is 0.417 e. The van der Waals surface area contributed by atoms with Crippen LogP contribution in [-0.4, -0.2) is 47.9 Å². The molecule has 3 N–H and O–H groups in total. The predicted octanol–water partition coefficient (Wildman–Crippen LogP) is 4.22. The minimum absolute atomic E-state index is 0.0346. The number of hydrogen-bond donors (Lipinski definition) is 3. The molecule has 0 heterocycles. The SMILES string of the molecule is CCCC[C@H](NC(=O)C(NC(=O)OCC1c2ccccc2-c2ccccc21)C(F)(F)F)C(=O)O. The van der Waals surface area contributed by atoms with Gasteiger partial charge in [-0.15, -0.1) is 0 Å². The van der Waals surface area contributed by atoms with E-state index in [-0.39, 0.29) is 18.9 Å². The highest BCUT2D eigenvalue weighted by Gasteiger charge is 2.47. The summed E-state index contributed by atoms with van der Waals surface area (Å²) in [5, 5.41) is 12.6. The van der Waals surface area contributed by atoms with Gasteiger partial charge in [-0.05, 0) is 28.7 Å². The largest absolute Gasteiger partial charge is 0.480 e. The fourth-order valence-corrected chi connectivity index (χ4v) is 3.97. The molecule has 1 aliphatic rings. The van der Waals surface area contributed by atoms with E-state index >= 15 is 0 Å². The highest BCUT2D eigenvalue weighted by atomic mass is 19.4.